The Bertz CT molecular complexity index is 1250. The summed E-state index contributed by atoms with van der Waals surface area (Å²) in [6.45, 7) is 3.93. The lowest BCUT2D eigenvalue weighted by Crippen LogP contribution is -2.42. The van der Waals surface area contributed by atoms with Gasteiger partial charge in [0, 0.05) is 49.6 Å². The molecule has 4 heterocycles. The Kier molecular flexibility index (Phi) is 5.83. The van der Waals surface area contributed by atoms with E-state index in [0.29, 0.717) is 12.5 Å². The van der Waals surface area contributed by atoms with E-state index in [1.54, 1.807) is 0 Å². The van der Waals surface area contributed by atoms with Gasteiger partial charge in [0.2, 0.25) is 0 Å². The first-order valence-corrected chi connectivity index (χ1v) is 12.0. The monoisotopic (exact) mass is 455 g/mol. The minimum absolute atomic E-state index is 0.147. The molecule has 0 spiro atoms. The SMILES string of the molecule is c1ccc(-c2ccc(CNc3cc(NC[C@H]4CNCCO4)nc4c(C5CC5)cnn34)cc2)nc1. The number of hydrogen-bond acceptors (Lipinski definition) is 7. The summed E-state index contributed by atoms with van der Waals surface area (Å²) in [6, 6.07) is 16.5. The predicted octanol–water partition coefficient (Wildman–Crippen LogP) is 3.68. The molecule has 1 atom stereocenters. The lowest BCUT2D eigenvalue weighted by atomic mass is 10.1. The second kappa shape index (κ2) is 9.40. The molecule has 34 heavy (non-hydrogen) atoms. The first-order chi connectivity index (χ1) is 16.8. The van der Waals surface area contributed by atoms with Crippen molar-refractivity contribution in [3.8, 4) is 11.3 Å². The number of morpholine rings is 1. The largest absolute Gasteiger partial charge is 0.374 e. The number of hydrogen-bond donors (Lipinski definition) is 3. The Hall–Kier alpha value is -3.49. The van der Waals surface area contributed by atoms with Crippen LogP contribution in [0.25, 0.3) is 16.9 Å². The van der Waals surface area contributed by atoms with E-state index in [2.05, 4.69) is 50.3 Å². The summed E-state index contributed by atoms with van der Waals surface area (Å²) in [5.41, 5.74) is 5.46. The quantitative estimate of drug-likeness (QED) is 0.373. The van der Waals surface area contributed by atoms with Crippen molar-refractivity contribution in [1.82, 2.24) is 24.9 Å². The van der Waals surface area contributed by atoms with E-state index in [0.717, 1.165) is 54.8 Å². The fourth-order valence-corrected chi connectivity index (χ4v) is 4.37. The summed E-state index contributed by atoms with van der Waals surface area (Å²) in [5, 5.41) is 15.1. The molecule has 0 amide bonds. The first-order valence-electron chi connectivity index (χ1n) is 12.0. The number of nitrogens with zero attached hydrogens (tertiary/aromatic N) is 4. The van der Waals surface area contributed by atoms with E-state index in [1.807, 2.05) is 41.2 Å². The Morgan fingerprint density at radius 1 is 1.09 bits per heavy atom. The van der Waals surface area contributed by atoms with Crippen LogP contribution in [0.1, 0.15) is 29.9 Å². The summed E-state index contributed by atoms with van der Waals surface area (Å²) in [7, 11) is 0. The van der Waals surface area contributed by atoms with Gasteiger partial charge in [-0.3, -0.25) is 4.98 Å². The molecule has 0 unspecified atom stereocenters. The van der Waals surface area contributed by atoms with Crippen LogP contribution in [0.4, 0.5) is 11.6 Å². The lowest BCUT2D eigenvalue weighted by Gasteiger charge is -2.24. The number of rotatable bonds is 8. The highest BCUT2D eigenvalue weighted by Gasteiger charge is 2.28. The van der Waals surface area contributed by atoms with Gasteiger partial charge in [-0.25, -0.2) is 4.98 Å². The van der Waals surface area contributed by atoms with Crippen molar-refractivity contribution in [1.29, 1.82) is 0 Å². The second-order valence-electron chi connectivity index (χ2n) is 8.98. The number of anilines is 2. The van der Waals surface area contributed by atoms with Crippen LogP contribution in [-0.4, -0.2) is 51.9 Å². The molecule has 174 valence electrons. The summed E-state index contributed by atoms with van der Waals surface area (Å²) in [6.07, 6.45) is 6.38. The van der Waals surface area contributed by atoms with Crippen LogP contribution in [0.5, 0.6) is 0 Å². The number of pyridine rings is 1. The Labute approximate surface area is 198 Å². The zero-order chi connectivity index (χ0) is 22.7. The third-order valence-electron chi connectivity index (χ3n) is 6.42. The van der Waals surface area contributed by atoms with Crippen molar-refractivity contribution < 1.29 is 4.74 Å². The van der Waals surface area contributed by atoms with Gasteiger partial charge in [-0.15, -0.1) is 0 Å². The van der Waals surface area contributed by atoms with Crippen LogP contribution in [0.2, 0.25) is 0 Å². The fourth-order valence-electron chi connectivity index (χ4n) is 4.37. The van der Waals surface area contributed by atoms with Crippen molar-refractivity contribution in [2.24, 2.45) is 0 Å². The number of nitrogens with one attached hydrogen (secondary N) is 3. The molecule has 8 nitrogen and oxygen atoms in total. The van der Waals surface area contributed by atoms with Crippen LogP contribution in [0, 0.1) is 0 Å². The van der Waals surface area contributed by atoms with Gasteiger partial charge in [0.1, 0.15) is 11.6 Å². The fraction of sp³-hybridized carbons (Fsp3) is 0.346. The van der Waals surface area contributed by atoms with E-state index in [9.17, 15) is 0 Å². The maximum absolute atomic E-state index is 5.83. The molecule has 1 aliphatic carbocycles. The molecule has 2 fully saturated rings. The molecule has 1 aromatic carbocycles. The van der Waals surface area contributed by atoms with Crippen LogP contribution >= 0.6 is 0 Å². The van der Waals surface area contributed by atoms with Crippen molar-refractivity contribution in [3.05, 3.63) is 72.1 Å². The average molecular weight is 456 g/mol. The number of fused-ring (bicyclic) bond motifs is 1. The van der Waals surface area contributed by atoms with Crippen molar-refractivity contribution in [2.75, 3.05) is 36.9 Å². The van der Waals surface area contributed by atoms with E-state index in [-0.39, 0.29) is 6.10 Å². The molecule has 3 aromatic heterocycles. The van der Waals surface area contributed by atoms with Crippen LogP contribution < -0.4 is 16.0 Å². The maximum Gasteiger partial charge on any atom is 0.163 e. The third kappa shape index (κ3) is 4.60. The minimum atomic E-state index is 0.147. The van der Waals surface area contributed by atoms with Gasteiger partial charge in [-0.05, 0) is 36.5 Å². The zero-order valence-corrected chi connectivity index (χ0v) is 19.1. The summed E-state index contributed by atoms with van der Waals surface area (Å²) >= 11 is 0. The van der Waals surface area contributed by atoms with Crippen molar-refractivity contribution in [2.45, 2.75) is 31.4 Å². The van der Waals surface area contributed by atoms with Gasteiger partial charge in [0.25, 0.3) is 0 Å². The Morgan fingerprint density at radius 2 is 2.00 bits per heavy atom. The standard InChI is InChI=1S/C26H29N7O/c1-2-10-28-23(3-1)20-6-4-18(5-7-20)14-30-25-13-24(29-16-21-15-27-11-12-34-21)32-26-22(19-8-9-19)17-31-33(25)26/h1-7,10,13,17,19,21,27,30H,8-9,11-12,14-16H2,(H,29,32)/t21-/m1/s1. The predicted molar refractivity (Wildman–Crippen MR) is 133 cm³/mol. The summed E-state index contributed by atoms with van der Waals surface area (Å²) in [4.78, 5) is 9.34. The number of aromatic nitrogens is 4. The summed E-state index contributed by atoms with van der Waals surface area (Å²) < 4.78 is 7.76. The van der Waals surface area contributed by atoms with E-state index in [4.69, 9.17) is 9.72 Å². The van der Waals surface area contributed by atoms with Gasteiger partial charge >= 0.3 is 0 Å². The molecule has 2 aliphatic rings. The molecule has 0 bridgehead atoms. The highest BCUT2D eigenvalue weighted by Crippen LogP contribution is 2.42. The van der Waals surface area contributed by atoms with Crippen molar-refractivity contribution >= 4 is 17.3 Å². The summed E-state index contributed by atoms with van der Waals surface area (Å²) in [5.74, 6) is 2.35. The van der Waals surface area contributed by atoms with Gasteiger partial charge in [0.15, 0.2) is 5.65 Å². The van der Waals surface area contributed by atoms with Crippen molar-refractivity contribution in [3.63, 3.8) is 0 Å². The molecule has 3 N–H and O–H groups in total. The normalized spacial score (nSPS) is 18.2. The highest BCUT2D eigenvalue weighted by molar-refractivity contribution is 5.62. The average Bonchev–Trinajstić information content (AvgIpc) is 3.66. The Balaban J connectivity index is 1.21. The number of ether oxygens (including phenoxy) is 1. The molecule has 1 aliphatic heterocycles. The second-order valence-corrected chi connectivity index (χ2v) is 8.98. The van der Waals surface area contributed by atoms with Gasteiger partial charge < -0.3 is 20.7 Å². The molecule has 0 radical (unpaired) electrons. The van der Waals surface area contributed by atoms with E-state index < -0.39 is 0 Å². The Morgan fingerprint density at radius 3 is 2.76 bits per heavy atom. The van der Waals surface area contributed by atoms with Crippen LogP contribution in [-0.2, 0) is 11.3 Å². The minimum Gasteiger partial charge on any atom is -0.374 e. The molecular weight excluding hydrogens is 426 g/mol. The van der Waals surface area contributed by atoms with Crippen LogP contribution in [0.3, 0.4) is 0 Å². The highest BCUT2D eigenvalue weighted by atomic mass is 16.5. The maximum atomic E-state index is 5.83. The van der Waals surface area contributed by atoms with Gasteiger partial charge in [-0.1, -0.05) is 30.3 Å². The van der Waals surface area contributed by atoms with E-state index in [1.165, 1.54) is 24.0 Å². The lowest BCUT2D eigenvalue weighted by molar-refractivity contribution is 0.0372. The third-order valence-corrected chi connectivity index (χ3v) is 6.42. The van der Waals surface area contributed by atoms with Crippen LogP contribution in [0.15, 0.2) is 60.9 Å². The van der Waals surface area contributed by atoms with Gasteiger partial charge in [0.05, 0.1) is 24.6 Å². The molecule has 8 heteroatoms. The smallest absolute Gasteiger partial charge is 0.163 e. The first kappa shape index (κ1) is 21.1. The molecule has 6 rings (SSSR count). The number of benzene rings is 1. The molecule has 4 aromatic rings. The van der Waals surface area contributed by atoms with Gasteiger partial charge in [-0.2, -0.15) is 9.61 Å². The molecule has 1 saturated carbocycles. The topological polar surface area (TPSA) is 88.4 Å². The molecular formula is C26H29N7O. The van der Waals surface area contributed by atoms with E-state index >= 15 is 0 Å². The zero-order valence-electron chi connectivity index (χ0n) is 19.1. The molecule has 1 saturated heterocycles.